The van der Waals surface area contributed by atoms with Crippen LogP contribution in [-0.4, -0.2) is 59.6 Å². The maximum Gasteiger partial charge on any atom is 0.228 e. The number of hydrogen-bond donors (Lipinski definition) is 1. The predicted octanol–water partition coefficient (Wildman–Crippen LogP) is 0.978. The van der Waals surface area contributed by atoms with Crippen molar-refractivity contribution in [2.75, 3.05) is 33.8 Å². The topological polar surface area (TPSA) is 56.7 Å². The van der Waals surface area contributed by atoms with Crippen LogP contribution in [0.3, 0.4) is 0 Å². The molecule has 1 aliphatic rings. The highest BCUT2D eigenvalue weighted by Crippen LogP contribution is 2.19. The predicted molar refractivity (Wildman–Crippen MR) is 79.6 cm³/mol. The third-order valence-corrected chi connectivity index (χ3v) is 4.65. The van der Waals surface area contributed by atoms with Crippen molar-refractivity contribution in [3.63, 3.8) is 0 Å². The fourth-order valence-corrected chi connectivity index (χ4v) is 3.12. The number of amides is 1. The van der Waals surface area contributed by atoms with E-state index in [9.17, 15) is 4.79 Å². The molecule has 0 spiro atoms. The van der Waals surface area contributed by atoms with Gasteiger partial charge in [-0.1, -0.05) is 0 Å². The van der Waals surface area contributed by atoms with Gasteiger partial charge in [-0.2, -0.15) is 0 Å². The van der Waals surface area contributed by atoms with Gasteiger partial charge < -0.3 is 10.0 Å². The van der Waals surface area contributed by atoms with E-state index in [-0.39, 0.29) is 5.91 Å². The average Bonchev–Trinajstić information content (AvgIpc) is 2.86. The number of thiazole rings is 1. The number of likely N-dealkylation sites (N-methyl/N-ethyl adjacent to an activating group) is 1. The van der Waals surface area contributed by atoms with E-state index in [0.717, 1.165) is 43.2 Å². The molecule has 5 nitrogen and oxygen atoms in total. The fourth-order valence-electron chi connectivity index (χ4n) is 2.35. The molecule has 0 aromatic carbocycles. The van der Waals surface area contributed by atoms with E-state index in [1.54, 1.807) is 30.3 Å². The van der Waals surface area contributed by atoms with Gasteiger partial charge in [0, 0.05) is 32.6 Å². The summed E-state index contributed by atoms with van der Waals surface area (Å²) >= 11 is 1.56. The minimum atomic E-state index is 0.0923. The summed E-state index contributed by atoms with van der Waals surface area (Å²) in [6.07, 6.45) is 2.52. The maximum atomic E-state index is 11.6. The van der Waals surface area contributed by atoms with Gasteiger partial charge in [0.05, 0.1) is 12.1 Å². The van der Waals surface area contributed by atoms with E-state index in [4.69, 9.17) is 5.11 Å². The number of piperidine rings is 1. The molecule has 2 heterocycles. The van der Waals surface area contributed by atoms with Gasteiger partial charge in [-0.3, -0.25) is 9.69 Å². The molecule has 1 aromatic heterocycles. The minimum absolute atomic E-state index is 0.0923. The standard InChI is InChI=1S/C14H23N3O2S/c1-16(2)14(19)7-13-15-12(10-20-13)8-17-5-3-11(9-18)4-6-17/h10-11,18H,3-9H2,1-2H3. The average molecular weight is 297 g/mol. The number of aliphatic hydroxyl groups excluding tert-OH is 1. The molecule has 1 saturated heterocycles. The van der Waals surface area contributed by atoms with E-state index in [1.807, 2.05) is 0 Å². The van der Waals surface area contributed by atoms with E-state index in [2.05, 4.69) is 15.3 Å². The lowest BCUT2D eigenvalue weighted by atomic mass is 9.98. The number of carbonyl (C=O) groups excluding carboxylic acids is 1. The number of hydrogen-bond acceptors (Lipinski definition) is 5. The molecule has 1 N–H and O–H groups in total. The second kappa shape index (κ2) is 7.15. The lowest BCUT2D eigenvalue weighted by Crippen LogP contribution is -2.34. The monoisotopic (exact) mass is 297 g/mol. The lowest BCUT2D eigenvalue weighted by molar-refractivity contribution is -0.127. The third-order valence-electron chi connectivity index (χ3n) is 3.75. The van der Waals surface area contributed by atoms with Crippen LogP contribution in [0.15, 0.2) is 5.38 Å². The van der Waals surface area contributed by atoms with Crippen molar-refractivity contribution in [3.05, 3.63) is 16.1 Å². The molecule has 1 aliphatic heterocycles. The van der Waals surface area contributed by atoms with Crippen molar-refractivity contribution in [2.24, 2.45) is 5.92 Å². The number of carbonyl (C=O) groups is 1. The van der Waals surface area contributed by atoms with Crippen molar-refractivity contribution in [1.82, 2.24) is 14.8 Å². The lowest BCUT2D eigenvalue weighted by Gasteiger charge is -2.30. The van der Waals surface area contributed by atoms with E-state index < -0.39 is 0 Å². The van der Waals surface area contributed by atoms with Gasteiger partial charge in [0.15, 0.2) is 0 Å². The summed E-state index contributed by atoms with van der Waals surface area (Å²) in [7, 11) is 3.53. The Labute approximate surface area is 124 Å². The van der Waals surface area contributed by atoms with Gasteiger partial charge in [0.2, 0.25) is 5.91 Å². The van der Waals surface area contributed by atoms with Gasteiger partial charge in [-0.25, -0.2) is 4.98 Å². The number of rotatable bonds is 5. The molecular formula is C14H23N3O2S. The molecule has 6 heteroatoms. The molecule has 0 radical (unpaired) electrons. The molecule has 0 atom stereocenters. The van der Waals surface area contributed by atoms with Gasteiger partial charge in [-0.15, -0.1) is 11.3 Å². The highest BCUT2D eigenvalue weighted by Gasteiger charge is 2.19. The Balaban J connectivity index is 1.82. The molecule has 2 rings (SSSR count). The largest absolute Gasteiger partial charge is 0.396 e. The van der Waals surface area contributed by atoms with Gasteiger partial charge in [0.25, 0.3) is 0 Å². The summed E-state index contributed by atoms with van der Waals surface area (Å²) in [6.45, 7) is 3.20. The van der Waals surface area contributed by atoms with Crippen molar-refractivity contribution >= 4 is 17.2 Å². The first-order valence-electron chi connectivity index (χ1n) is 7.05. The number of nitrogens with zero attached hydrogens (tertiary/aromatic N) is 3. The Hall–Kier alpha value is -0.980. The summed E-state index contributed by atoms with van der Waals surface area (Å²) in [5, 5.41) is 12.1. The Morgan fingerprint density at radius 2 is 2.20 bits per heavy atom. The fraction of sp³-hybridized carbons (Fsp3) is 0.714. The van der Waals surface area contributed by atoms with Crippen LogP contribution in [-0.2, 0) is 17.8 Å². The maximum absolute atomic E-state index is 11.6. The highest BCUT2D eigenvalue weighted by molar-refractivity contribution is 7.09. The normalized spacial score (nSPS) is 17.4. The summed E-state index contributed by atoms with van der Waals surface area (Å²) in [5.74, 6) is 0.560. The van der Waals surface area contributed by atoms with Crippen LogP contribution in [0.4, 0.5) is 0 Å². The third kappa shape index (κ3) is 4.26. The van der Waals surface area contributed by atoms with Gasteiger partial charge >= 0.3 is 0 Å². The second-order valence-electron chi connectivity index (χ2n) is 5.60. The summed E-state index contributed by atoms with van der Waals surface area (Å²) < 4.78 is 0. The number of aliphatic hydroxyl groups is 1. The molecule has 1 aromatic rings. The number of likely N-dealkylation sites (tertiary alicyclic amines) is 1. The molecular weight excluding hydrogens is 274 g/mol. The SMILES string of the molecule is CN(C)C(=O)Cc1nc(CN2CCC(CO)CC2)cs1. The van der Waals surface area contributed by atoms with Crippen molar-refractivity contribution in [1.29, 1.82) is 0 Å². The molecule has 0 saturated carbocycles. The minimum Gasteiger partial charge on any atom is -0.396 e. The van der Waals surface area contributed by atoms with Crippen LogP contribution < -0.4 is 0 Å². The van der Waals surface area contributed by atoms with Gasteiger partial charge in [0.1, 0.15) is 5.01 Å². The van der Waals surface area contributed by atoms with E-state index >= 15 is 0 Å². The van der Waals surface area contributed by atoms with E-state index in [1.165, 1.54) is 0 Å². The van der Waals surface area contributed by atoms with Gasteiger partial charge in [-0.05, 0) is 31.8 Å². The smallest absolute Gasteiger partial charge is 0.228 e. The zero-order valence-electron chi connectivity index (χ0n) is 12.2. The first-order valence-corrected chi connectivity index (χ1v) is 7.93. The molecule has 1 amide bonds. The molecule has 0 unspecified atom stereocenters. The Bertz CT molecular complexity index is 439. The van der Waals surface area contributed by atoms with Crippen LogP contribution in [0.25, 0.3) is 0 Å². The summed E-state index contributed by atoms with van der Waals surface area (Å²) in [5.41, 5.74) is 1.05. The molecule has 0 bridgehead atoms. The highest BCUT2D eigenvalue weighted by atomic mass is 32.1. The second-order valence-corrected chi connectivity index (χ2v) is 6.54. The molecule has 20 heavy (non-hydrogen) atoms. The van der Waals surface area contributed by atoms with E-state index in [0.29, 0.717) is 18.9 Å². The van der Waals surface area contributed by atoms with Crippen molar-refractivity contribution in [3.8, 4) is 0 Å². The van der Waals surface area contributed by atoms with Crippen molar-refractivity contribution < 1.29 is 9.90 Å². The first-order chi connectivity index (χ1) is 9.58. The van der Waals surface area contributed by atoms with Crippen LogP contribution in [0.5, 0.6) is 0 Å². The molecule has 112 valence electrons. The summed E-state index contributed by atoms with van der Waals surface area (Å²) in [6, 6.07) is 0. The Morgan fingerprint density at radius 3 is 2.80 bits per heavy atom. The quantitative estimate of drug-likeness (QED) is 0.880. The summed E-state index contributed by atoms with van der Waals surface area (Å²) in [4.78, 5) is 20.2. The first kappa shape index (κ1) is 15.4. The van der Waals surface area contributed by atoms with Crippen LogP contribution >= 0.6 is 11.3 Å². The Kier molecular flexibility index (Phi) is 5.51. The zero-order chi connectivity index (χ0) is 14.5. The van der Waals surface area contributed by atoms with Crippen LogP contribution in [0.2, 0.25) is 0 Å². The Morgan fingerprint density at radius 1 is 1.50 bits per heavy atom. The zero-order valence-corrected chi connectivity index (χ0v) is 13.0. The van der Waals surface area contributed by atoms with Crippen LogP contribution in [0, 0.1) is 5.92 Å². The molecule has 1 fully saturated rings. The van der Waals surface area contributed by atoms with Crippen LogP contribution in [0.1, 0.15) is 23.5 Å². The van der Waals surface area contributed by atoms with Crippen molar-refractivity contribution in [2.45, 2.75) is 25.8 Å². The molecule has 0 aliphatic carbocycles. The number of aromatic nitrogens is 1.